The molecule has 1 amide bonds. The first-order chi connectivity index (χ1) is 7.24. The van der Waals surface area contributed by atoms with Crippen LogP contribution in [0.3, 0.4) is 0 Å². The molecule has 1 aliphatic carbocycles. The second-order valence-corrected chi connectivity index (χ2v) is 4.62. The summed E-state index contributed by atoms with van der Waals surface area (Å²) in [6.45, 7) is 3.81. The van der Waals surface area contributed by atoms with E-state index in [4.69, 9.17) is 5.73 Å². The van der Waals surface area contributed by atoms with Crippen molar-refractivity contribution in [1.82, 2.24) is 10.2 Å². The van der Waals surface area contributed by atoms with Crippen molar-refractivity contribution in [3.63, 3.8) is 0 Å². The van der Waals surface area contributed by atoms with Gasteiger partial charge >= 0.3 is 0 Å². The van der Waals surface area contributed by atoms with Crippen molar-refractivity contribution in [3.05, 3.63) is 0 Å². The maximum atomic E-state index is 11.7. The fourth-order valence-electron chi connectivity index (χ4n) is 2.93. The Bertz CT molecular complexity index is 244. The van der Waals surface area contributed by atoms with E-state index in [1.807, 2.05) is 0 Å². The van der Waals surface area contributed by atoms with Gasteiger partial charge < -0.3 is 11.1 Å². The van der Waals surface area contributed by atoms with E-state index in [1.54, 1.807) is 0 Å². The number of rotatable bonds is 2. The summed E-state index contributed by atoms with van der Waals surface area (Å²) >= 11 is 0. The third-order valence-corrected chi connectivity index (χ3v) is 3.72. The number of nitrogens with one attached hydrogen (secondary N) is 1. The summed E-state index contributed by atoms with van der Waals surface area (Å²) in [5, 5.41) is 2.93. The van der Waals surface area contributed by atoms with Crippen LogP contribution in [0.25, 0.3) is 0 Å². The predicted molar refractivity (Wildman–Crippen MR) is 59.4 cm³/mol. The van der Waals surface area contributed by atoms with E-state index in [0.717, 1.165) is 32.4 Å². The van der Waals surface area contributed by atoms with Crippen LogP contribution in [0, 0.1) is 0 Å². The molecule has 1 heterocycles. The normalized spacial score (nSPS) is 38.0. The summed E-state index contributed by atoms with van der Waals surface area (Å²) in [5.41, 5.74) is 6.10. The van der Waals surface area contributed by atoms with E-state index < -0.39 is 0 Å². The zero-order valence-corrected chi connectivity index (χ0v) is 9.41. The van der Waals surface area contributed by atoms with E-state index in [9.17, 15) is 4.79 Å². The van der Waals surface area contributed by atoms with E-state index in [-0.39, 0.29) is 18.0 Å². The van der Waals surface area contributed by atoms with Crippen LogP contribution < -0.4 is 11.1 Å². The third kappa shape index (κ3) is 2.01. The van der Waals surface area contributed by atoms with Gasteiger partial charge in [-0.1, -0.05) is 13.3 Å². The zero-order chi connectivity index (χ0) is 10.8. The Morgan fingerprint density at radius 3 is 2.93 bits per heavy atom. The lowest BCUT2D eigenvalue weighted by Crippen LogP contribution is -2.60. The molecule has 3 unspecified atom stereocenters. The summed E-state index contributed by atoms with van der Waals surface area (Å²) in [4.78, 5) is 14.0. The molecule has 2 fully saturated rings. The largest absolute Gasteiger partial charge is 0.353 e. The molecule has 4 nitrogen and oxygen atoms in total. The van der Waals surface area contributed by atoms with Gasteiger partial charge in [-0.3, -0.25) is 9.69 Å². The van der Waals surface area contributed by atoms with Crippen molar-refractivity contribution in [1.29, 1.82) is 0 Å². The van der Waals surface area contributed by atoms with Crippen molar-refractivity contribution in [2.24, 2.45) is 5.73 Å². The summed E-state index contributed by atoms with van der Waals surface area (Å²) in [6.07, 6.45) is 4.36. The average Bonchev–Trinajstić information content (AvgIpc) is 2.64. The Morgan fingerprint density at radius 2 is 2.33 bits per heavy atom. The fourth-order valence-corrected chi connectivity index (χ4v) is 2.93. The van der Waals surface area contributed by atoms with E-state index in [0.29, 0.717) is 6.04 Å². The van der Waals surface area contributed by atoms with Gasteiger partial charge in [-0.15, -0.1) is 0 Å². The number of nitrogens with zero attached hydrogens (tertiary/aromatic N) is 1. The highest BCUT2D eigenvalue weighted by molar-refractivity contribution is 5.82. The highest BCUT2D eigenvalue weighted by atomic mass is 16.2. The number of carbonyl (C=O) groups excluding carboxylic acids is 1. The van der Waals surface area contributed by atoms with E-state index >= 15 is 0 Å². The molecule has 2 aliphatic rings. The topological polar surface area (TPSA) is 58.4 Å². The van der Waals surface area contributed by atoms with Gasteiger partial charge in [-0.2, -0.15) is 0 Å². The first-order valence-corrected chi connectivity index (χ1v) is 6.03. The molecule has 2 rings (SSSR count). The van der Waals surface area contributed by atoms with Crippen LogP contribution in [0.2, 0.25) is 0 Å². The quantitative estimate of drug-likeness (QED) is 0.680. The molecule has 0 bridgehead atoms. The van der Waals surface area contributed by atoms with Crippen LogP contribution in [0.5, 0.6) is 0 Å². The van der Waals surface area contributed by atoms with Gasteiger partial charge in [0.25, 0.3) is 0 Å². The minimum atomic E-state index is 0.0490. The lowest BCUT2D eigenvalue weighted by atomic mass is 10.0. The summed E-state index contributed by atoms with van der Waals surface area (Å²) in [7, 11) is 0. The maximum Gasteiger partial charge on any atom is 0.237 e. The molecule has 0 aromatic heterocycles. The number of hydrogen-bond acceptors (Lipinski definition) is 3. The van der Waals surface area contributed by atoms with Crippen LogP contribution in [-0.4, -0.2) is 42.0 Å². The maximum absolute atomic E-state index is 11.7. The first-order valence-electron chi connectivity index (χ1n) is 6.03. The average molecular weight is 211 g/mol. The van der Waals surface area contributed by atoms with Crippen LogP contribution >= 0.6 is 0 Å². The molecule has 15 heavy (non-hydrogen) atoms. The summed E-state index contributed by atoms with van der Waals surface area (Å²) < 4.78 is 0. The molecule has 0 spiro atoms. The van der Waals surface area contributed by atoms with E-state index in [1.165, 1.54) is 6.42 Å². The van der Waals surface area contributed by atoms with Crippen molar-refractivity contribution >= 4 is 5.91 Å². The van der Waals surface area contributed by atoms with E-state index in [2.05, 4.69) is 17.1 Å². The smallest absolute Gasteiger partial charge is 0.237 e. The molecule has 3 atom stereocenters. The Balaban J connectivity index is 2.08. The molecule has 3 N–H and O–H groups in total. The highest BCUT2D eigenvalue weighted by Crippen LogP contribution is 2.26. The fraction of sp³-hybridized carbons (Fsp3) is 0.909. The molecule has 1 saturated heterocycles. The van der Waals surface area contributed by atoms with Gasteiger partial charge in [0.2, 0.25) is 5.91 Å². The standard InChI is InChI=1S/C11H21N3O/c1-2-9-11(15)13-6-7-14(9)10-5-3-4-8(10)12/h8-10H,2-7,12H2,1H3,(H,13,15). The first kappa shape index (κ1) is 10.9. The lowest BCUT2D eigenvalue weighted by molar-refractivity contribution is -0.130. The molecule has 4 heteroatoms. The molecule has 86 valence electrons. The Labute approximate surface area is 91.2 Å². The van der Waals surface area contributed by atoms with Crippen molar-refractivity contribution in [3.8, 4) is 0 Å². The summed E-state index contributed by atoms with van der Waals surface area (Å²) in [5.74, 6) is 0.183. The number of hydrogen-bond donors (Lipinski definition) is 2. The molecule has 0 radical (unpaired) electrons. The van der Waals surface area contributed by atoms with Gasteiger partial charge in [0, 0.05) is 25.2 Å². The van der Waals surface area contributed by atoms with Gasteiger partial charge in [-0.25, -0.2) is 0 Å². The minimum Gasteiger partial charge on any atom is -0.353 e. The highest BCUT2D eigenvalue weighted by Gasteiger charge is 2.37. The lowest BCUT2D eigenvalue weighted by Gasteiger charge is -2.40. The van der Waals surface area contributed by atoms with Crippen LogP contribution in [0.4, 0.5) is 0 Å². The summed E-state index contributed by atoms with van der Waals surface area (Å²) in [6, 6.07) is 0.749. The van der Waals surface area contributed by atoms with Gasteiger partial charge in [-0.05, 0) is 19.3 Å². The molecule has 1 saturated carbocycles. The number of carbonyl (C=O) groups is 1. The molecule has 0 aromatic rings. The second-order valence-electron chi connectivity index (χ2n) is 4.62. The molecular weight excluding hydrogens is 190 g/mol. The SMILES string of the molecule is CCC1C(=O)NCCN1C1CCCC1N. The Morgan fingerprint density at radius 1 is 1.53 bits per heavy atom. The van der Waals surface area contributed by atoms with Crippen LogP contribution in [0.1, 0.15) is 32.6 Å². The van der Waals surface area contributed by atoms with Gasteiger partial charge in [0.1, 0.15) is 0 Å². The number of amides is 1. The number of nitrogens with two attached hydrogens (primary N) is 1. The number of piperazine rings is 1. The monoisotopic (exact) mass is 211 g/mol. The Kier molecular flexibility index (Phi) is 3.26. The van der Waals surface area contributed by atoms with Gasteiger partial charge in [0.15, 0.2) is 0 Å². The van der Waals surface area contributed by atoms with Crippen molar-refractivity contribution in [2.45, 2.75) is 50.7 Å². The molecule has 1 aliphatic heterocycles. The van der Waals surface area contributed by atoms with Crippen molar-refractivity contribution < 1.29 is 4.79 Å². The Hall–Kier alpha value is -0.610. The van der Waals surface area contributed by atoms with Crippen molar-refractivity contribution in [2.75, 3.05) is 13.1 Å². The molecule has 0 aromatic carbocycles. The van der Waals surface area contributed by atoms with Crippen LogP contribution in [-0.2, 0) is 4.79 Å². The third-order valence-electron chi connectivity index (χ3n) is 3.72. The zero-order valence-electron chi connectivity index (χ0n) is 9.41. The molecular formula is C11H21N3O. The van der Waals surface area contributed by atoms with Crippen LogP contribution in [0.15, 0.2) is 0 Å². The second kappa shape index (κ2) is 4.49. The predicted octanol–water partition coefficient (Wildman–Crippen LogP) is 0.0766. The van der Waals surface area contributed by atoms with Gasteiger partial charge in [0.05, 0.1) is 6.04 Å². The minimum absolute atomic E-state index is 0.0490.